The highest BCUT2D eigenvalue weighted by Gasteiger charge is 2.26. The number of unbranched alkanes of at least 4 members (excludes halogenated alkanes) is 1. The Kier molecular flexibility index (Phi) is 6.52. The number of nitrogens with zero attached hydrogens (tertiary/aromatic N) is 1. The molecular weight excluding hydrogens is 216 g/mol. The van der Waals surface area contributed by atoms with Gasteiger partial charge in [-0.3, -0.25) is 4.79 Å². The van der Waals surface area contributed by atoms with Crippen molar-refractivity contribution < 1.29 is 9.90 Å². The zero-order chi connectivity index (χ0) is 12.7. The molecule has 0 bridgehead atoms. The Hall–Kier alpha value is -0.610. The van der Waals surface area contributed by atoms with Crippen molar-refractivity contribution in [3.8, 4) is 0 Å². The van der Waals surface area contributed by atoms with Gasteiger partial charge in [-0.1, -0.05) is 19.8 Å². The molecule has 1 heterocycles. The van der Waals surface area contributed by atoms with E-state index in [2.05, 4.69) is 6.92 Å². The molecule has 0 saturated carbocycles. The summed E-state index contributed by atoms with van der Waals surface area (Å²) in [5.41, 5.74) is 5.91. The molecule has 1 rings (SSSR count). The Morgan fingerprint density at radius 1 is 1.59 bits per heavy atom. The number of piperidine rings is 1. The lowest BCUT2D eigenvalue weighted by Crippen LogP contribution is -2.48. The Morgan fingerprint density at radius 3 is 3.00 bits per heavy atom. The molecule has 0 aliphatic carbocycles. The maximum atomic E-state index is 12.1. The van der Waals surface area contributed by atoms with E-state index < -0.39 is 0 Å². The minimum absolute atomic E-state index is 0.0982. The summed E-state index contributed by atoms with van der Waals surface area (Å²) in [7, 11) is 0. The van der Waals surface area contributed by atoms with Crippen LogP contribution in [0.3, 0.4) is 0 Å². The first-order chi connectivity index (χ1) is 8.19. The average molecular weight is 242 g/mol. The van der Waals surface area contributed by atoms with E-state index in [1.807, 2.05) is 4.90 Å². The minimum Gasteiger partial charge on any atom is -0.396 e. The van der Waals surface area contributed by atoms with Crippen molar-refractivity contribution in [1.29, 1.82) is 0 Å². The smallest absolute Gasteiger partial charge is 0.239 e. The zero-order valence-electron chi connectivity index (χ0n) is 10.9. The molecule has 1 aliphatic heterocycles. The van der Waals surface area contributed by atoms with Crippen LogP contribution in [0.5, 0.6) is 0 Å². The highest BCUT2D eigenvalue weighted by molar-refractivity contribution is 5.81. The summed E-state index contributed by atoms with van der Waals surface area (Å²) in [5.74, 6) is 0.553. The van der Waals surface area contributed by atoms with Crippen LogP contribution in [0.25, 0.3) is 0 Å². The molecule has 4 heteroatoms. The number of aliphatic hydroxyl groups excluding tert-OH is 1. The number of hydrogen-bond acceptors (Lipinski definition) is 3. The highest BCUT2D eigenvalue weighted by atomic mass is 16.3. The lowest BCUT2D eigenvalue weighted by molar-refractivity contribution is -0.134. The Bertz CT molecular complexity index is 231. The molecule has 3 N–H and O–H groups in total. The molecule has 0 aromatic rings. The van der Waals surface area contributed by atoms with E-state index in [-0.39, 0.29) is 18.6 Å². The summed E-state index contributed by atoms with van der Waals surface area (Å²) in [6.45, 7) is 3.93. The topological polar surface area (TPSA) is 66.6 Å². The predicted molar refractivity (Wildman–Crippen MR) is 68.5 cm³/mol. The Labute approximate surface area is 104 Å². The fraction of sp³-hybridized carbons (Fsp3) is 0.923. The van der Waals surface area contributed by atoms with Crippen LogP contribution in [-0.4, -0.2) is 41.7 Å². The largest absolute Gasteiger partial charge is 0.396 e. The molecule has 2 unspecified atom stereocenters. The van der Waals surface area contributed by atoms with Gasteiger partial charge in [0.15, 0.2) is 0 Å². The second-order valence-corrected chi connectivity index (χ2v) is 5.05. The van der Waals surface area contributed by atoms with Gasteiger partial charge in [-0.15, -0.1) is 0 Å². The van der Waals surface area contributed by atoms with Gasteiger partial charge in [0.1, 0.15) is 0 Å². The number of carbonyl (C=O) groups is 1. The third-order valence-electron chi connectivity index (χ3n) is 3.55. The van der Waals surface area contributed by atoms with E-state index in [1.54, 1.807) is 0 Å². The van der Waals surface area contributed by atoms with Crippen molar-refractivity contribution in [2.24, 2.45) is 11.7 Å². The second kappa shape index (κ2) is 7.67. The lowest BCUT2D eigenvalue weighted by atomic mass is 9.94. The molecule has 0 aromatic heterocycles. The van der Waals surface area contributed by atoms with Crippen molar-refractivity contribution in [2.75, 3.05) is 19.7 Å². The van der Waals surface area contributed by atoms with Crippen LogP contribution in [-0.2, 0) is 4.79 Å². The number of rotatable bonds is 6. The summed E-state index contributed by atoms with van der Waals surface area (Å²) in [4.78, 5) is 14.0. The van der Waals surface area contributed by atoms with Crippen molar-refractivity contribution in [1.82, 2.24) is 4.90 Å². The van der Waals surface area contributed by atoms with Crippen LogP contribution in [0.15, 0.2) is 0 Å². The highest BCUT2D eigenvalue weighted by Crippen LogP contribution is 2.20. The lowest BCUT2D eigenvalue weighted by Gasteiger charge is -2.34. The molecule has 2 atom stereocenters. The Balaban J connectivity index is 2.39. The first-order valence-electron chi connectivity index (χ1n) is 6.84. The van der Waals surface area contributed by atoms with Crippen LogP contribution in [0.2, 0.25) is 0 Å². The number of aliphatic hydroxyl groups is 1. The number of amides is 1. The van der Waals surface area contributed by atoms with Gasteiger partial charge in [0, 0.05) is 19.7 Å². The average Bonchev–Trinajstić information content (AvgIpc) is 2.35. The first-order valence-corrected chi connectivity index (χ1v) is 6.84. The normalized spacial score (nSPS) is 22.5. The molecule has 1 fully saturated rings. The van der Waals surface area contributed by atoms with Gasteiger partial charge < -0.3 is 15.7 Å². The van der Waals surface area contributed by atoms with Crippen LogP contribution >= 0.6 is 0 Å². The maximum absolute atomic E-state index is 12.1. The summed E-state index contributed by atoms with van der Waals surface area (Å²) < 4.78 is 0. The Morgan fingerprint density at radius 2 is 2.35 bits per heavy atom. The maximum Gasteiger partial charge on any atom is 0.239 e. The molecule has 1 amide bonds. The summed E-state index contributed by atoms with van der Waals surface area (Å²) in [5, 5.41) is 8.94. The van der Waals surface area contributed by atoms with Crippen molar-refractivity contribution in [3.05, 3.63) is 0 Å². The monoisotopic (exact) mass is 242 g/mol. The van der Waals surface area contributed by atoms with Crippen LogP contribution in [0.1, 0.15) is 45.4 Å². The van der Waals surface area contributed by atoms with E-state index in [9.17, 15) is 4.79 Å². The SMILES string of the molecule is CCCCC(N)C(=O)N1CCCC(CCO)C1. The van der Waals surface area contributed by atoms with Crippen molar-refractivity contribution >= 4 is 5.91 Å². The van der Waals surface area contributed by atoms with Crippen LogP contribution in [0, 0.1) is 5.92 Å². The first kappa shape index (κ1) is 14.5. The van der Waals surface area contributed by atoms with E-state index in [0.29, 0.717) is 5.92 Å². The molecule has 100 valence electrons. The van der Waals surface area contributed by atoms with E-state index in [0.717, 1.165) is 51.6 Å². The number of likely N-dealkylation sites (tertiary alicyclic amines) is 1. The van der Waals surface area contributed by atoms with Crippen LogP contribution < -0.4 is 5.73 Å². The van der Waals surface area contributed by atoms with Gasteiger partial charge in [-0.25, -0.2) is 0 Å². The molecule has 0 radical (unpaired) electrons. The number of nitrogens with two attached hydrogens (primary N) is 1. The van der Waals surface area contributed by atoms with E-state index in [4.69, 9.17) is 10.8 Å². The standard InChI is InChI=1S/C13H26N2O2/c1-2-3-6-12(14)13(17)15-8-4-5-11(10-15)7-9-16/h11-12,16H,2-10,14H2,1H3. The van der Waals surface area contributed by atoms with Gasteiger partial charge >= 0.3 is 0 Å². The molecule has 0 aromatic carbocycles. The summed E-state index contributed by atoms with van der Waals surface area (Å²) in [6, 6.07) is -0.331. The van der Waals surface area contributed by atoms with E-state index in [1.165, 1.54) is 0 Å². The van der Waals surface area contributed by atoms with Gasteiger partial charge in [0.05, 0.1) is 6.04 Å². The van der Waals surface area contributed by atoms with Crippen LogP contribution in [0.4, 0.5) is 0 Å². The number of carbonyl (C=O) groups excluding carboxylic acids is 1. The second-order valence-electron chi connectivity index (χ2n) is 5.05. The molecular formula is C13H26N2O2. The molecule has 17 heavy (non-hydrogen) atoms. The quantitative estimate of drug-likeness (QED) is 0.733. The molecule has 1 saturated heterocycles. The van der Waals surface area contributed by atoms with Gasteiger partial charge in [-0.2, -0.15) is 0 Å². The van der Waals surface area contributed by atoms with Gasteiger partial charge in [0.25, 0.3) is 0 Å². The third-order valence-corrected chi connectivity index (χ3v) is 3.55. The zero-order valence-corrected chi connectivity index (χ0v) is 10.9. The molecule has 1 aliphatic rings. The predicted octanol–water partition coefficient (Wildman–Crippen LogP) is 1.12. The summed E-state index contributed by atoms with van der Waals surface area (Å²) in [6.07, 6.45) is 5.84. The van der Waals surface area contributed by atoms with Gasteiger partial charge in [0.2, 0.25) is 5.91 Å². The third kappa shape index (κ3) is 4.64. The van der Waals surface area contributed by atoms with E-state index >= 15 is 0 Å². The summed E-state index contributed by atoms with van der Waals surface area (Å²) >= 11 is 0. The van der Waals surface area contributed by atoms with Crippen molar-refractivity contribution in [2.45, 2.75) is 51.5 Å². The van der Waals surface area contributed by atoms with Gasteiger partial charge in [-0.05, 0) is 31.6 Å². The molecule has 0 spiro atoms. The fourth-order valence-electron chi connectivity index (χ4n) is 2.47. The van der Waals surface area contributed by atoms with Crippen molar-refractivity contribution in [3.63, 3.8) is 0 Å². The number of hydrogen-bond donors (Lipinski definition) is 2. The minimum atomic E-state index is -0.331. The fourth-order valence-corrected chi connectivity index (χ4v) is 2.47. The molecule has 4 nitrogen and oxygen atoms in total.